The number of anilines is 1. The Hall–Kier alpha value is -2.38. The molecule has 3 rings (SSSR count). The molecule has 2 aromatic rings. The fourth-order valence-corrected chi connectivity index (χ4v) is 4.43. The number of nitrogens with zero attached hydrogens (tertiary/aromatic N) is 1. The van der Waals surface area contributed by atoms with Crippen LogP contribution in [0.5, 0.6) is 0 Å². The van der Waals surface area contributed by atoms with Gasteiger partial charge in [0.2, 0.25) is 5.91 Å². The van der Waals surface area contributed by atoms with Crippen LogP contribution in [-0.2, 0) is 14.8 Å². The Kier molecular flexibility index (Phi) is 4.53. The van der Waals surface area contributed by atoms with Crippen LogP contribution in [0.15, 0.2) is 47.4 Å². The van der Waals surface area contributed by atoms with Gasteiger partial charge in [-0.1, -0.05) is 23.7 Å². The number of halogens is 1. The molecule has 2 amide bonds. The predicted molar refractivity (Wildman–Crippen MR) is 94.1 cm³/mol. The summed E-state index contributed by atoms with van der Waals surface area (Å²) in [5.74, 6) is -0.990. The molecule has 1 heterocycles. The second-order valence-electron chi connectivity index (χ2n) is 5.64. The molecule has 0 unspecified atom stereocenters. The van der Waals surface area contributed by atoms with Gasteiger partial charge < -0.3 is 5.32 Å². The Morgan fingerprint density at radius 2 is 1.92 bits per heavy atom. The van der Waals surface area contributed by atoms with E-state index in [0.717, 1.165) is 9.87 Å². The molecule has 1 aliphatic rings. The fourth-order valence-electron chi connectivity index (χ4n) is 2.64. The summed E-state index contributed by atoms with van der Waals surface area (Å²) < 4.78 is 25.6. The highest BCUT2D eigenvalue weighted by Crippen LogP contribution is 2.30. The number of benzene rings is 2. The highest BCUT2D eigenvalue weighted by atomic mass is 35.5. The number of amides is 2. The number of carbonyl (C=O) groups excluding carboxylic acids is 2. The van der Waals surface area contributed by atoms with Crippen LogP contribution in [0.2, 0.25) is 5.02 Å². The molecular weight excluding hydrogens is 364 g/mol. The molecule has 130 valence electrons. The molecule has 0 atom stereocenters. The van der Waals surface area contributed by atoms with Crippen LogP contribution in [-0.4, -0.2) is 31.1 Å². The predicted octanol–water partition coefficient (Wildman–Crippen LogP) is 2.82. The van der Waals surface area contributed by atoms with Gasteiger partial charge in [-0.25, -0.2) is 12.7 Å². The molecule has 1 N–H and O–H groups in total. The molecule has 0 bridgehead atoms. The van der Waals surface area contributed by atoms with Gasteiger partial charge in [0, 0.05) is 23.7 Å². The number of rotatable bonds is 4. The van der Waals surface area contributed by atoms with E-state index in [2.05, 4.69) is 5.32 Å². The van der Waals surface area contributed by atoms with Crippen LogP contribution in [0.4, 0.5) is 5.69 Å². The molecule has 0 aromatic heterocycles. The van der Waals surface area contributed by atoms with E-state index in [-0.39, 0.29) is 29.3 Å². The summed E-state index contributed by atoms with van der Waals surface area (Å²) in [6, 6.07) is 11.0. The van der Waals surface area contributed by atoms with Gasteiger partial charge in [-0.15, -0.1) is 0 Å². The van der Waals surface area contributed by atoms with Crippen LogP contribution in [0.1, 0.15) is 22.3 Å². The van der Waals surface area contributed by atoms with E-state index in [1.165, 1.54) is 12.1 Å². The average molecular weight is 379 g/mol. The van der Waals surface area contributed by atoms with Crippen molar-refractivity contribution in [3.63, 3.8) is 0 Å². The minimum Gasteiger partial charge on any atom is -0.326 e. The molecule has 25 heavy (non-hydrogen) atoms. The normalized spacial score (nSPS) is 15.1. The van der Waals surface area contributed by atoms with Gasteiger partial charge in [-0.2, -0.15) is 0 Å². The summed E-state index contributed by atoms with van der Waals surface area (Å²) >= 11 is 5.87. The minimum absolute atomic E-state index is 0.0195. The van der Waals surface area contributed by atoms with E-state index in [1.807, 2.05) is 0 Å². The summed E-state index contributed by atoms with van der Waals surface area (Å²) in [4.78, 5) is 24.4. The lowest BCUT2D eigenvalue weighted by Crippen LogP contribution is -2.33. The van der Waals surface area contributed by atoms with Crippen LogP contribution >= 0.6 is 11.6 Å². The van der Waals surface area contributed by atoms with Gasteiger partial charge in [0.1, 0.15) is 4.90 Å². The standard InChI is InChI=1S/C17H15ClN2O4S/c1-11-10-12(18)6-7-14(11)19-16(21)8-9-20-17(22)13-4-2-3-5-15(13)25(20,23)24/h2-7,10H,8-9H2,1H3,(H,19,21). The monoisotopic (exact) mass is 378 g/mol. The molecular formula is C17H15ClN2O4S. The zero-order valence-electron chi connectivity index (χ0n) is 13.3. The quantitative estimate of drug-likeness (QED) is 0.886. The highest BCUT2D eigenvalue weighted by Gasteiger charge is 2.40. The number of carbonyl (C=O) groups is 2. The lowest BCUT2D eigenvalue weighted by Gasteiger charge is -2.15. The largest absolute Gasteiger partial charge is 0.326 e. The van der Waals surface area contributed by atoms with Crippen LogP contribution in [0.3, 0.4) is 0 Å². The van der Waals surface area contributed by atoms with Crippen molar-refractivity contribution in [2.75, 3.05) is 11.9 Å². The van der Waals surface area contributed by atoms with Gasteiger partial charge in [0.25, 0.3) is 15.9 Å². The zero-order chi connectivity index (χ0) is 18.2. The first-order valence-corrected chi connectivity index (χ1v) is 9.34. The first-order chi connectivity index (χ1) is 11.8. The Labute approximate surface area is 150 Å². The van der Waals surface area contributed by atoms with Crippen molar-refractivity contribution in [2.45, 2.75) is 18.2 Å². The minimum atomic E-state index is -3.89. The van der Waals surface area contributed by atoms with Gasteiger partial charge in [-0.05, 0) is 42.8 Å². The maximum atomic E-state index is 12.4. The fraction of sp³-hybridized carbons (Fsp3) is 0.176. The Morgan fingerprint density at radius 3 is 2.60 bits per heavy atom. The third kappa shape index (κ3) is 3.25. The van der Waals surface area contributed by atoms with E-state index < -0.39 is 15.9 Å². The molecule has 0 spiro atoms. The van der Waals surface area contributed by atoms with E-state index in [4.69, 9.17) is 11.6 Å². The maximum Gasteiger partial charge on any atom is 0.269 e. The topological polar surface area (TPSA) is 83.6 Å². The number of hydrogen-bond donors (Lipinski definition) is 1. The van der Waals surface area contributed by atoms with Crippen LogP contribution < -0.4 is 5.32 Å². The van der Waals surface area contributed by atoms with Gasteiger partial charge >= 0.3 is 0 Å². The summed E-state index contributed by atoms with van der Waals surface area (Å²) in [6.07, 6.45) is -0.138. The van der Waals surface area contributed by atoms with Crippen molar-refractivity contribution in [1.29, 1.82) is 0 Å². The first-order valence-electron chi connectivity index (χ1n) is 7.53. The SMILES string of the molecule is Cc1cc(Cl)ccc1NC(=O)CCN1C(=O)c2ccccc2S1(=O)=O. The van der Waals surface area contributed by atoms with Crippen molar-refractivity contribution in [3.05, 3.63) is 58.6 Å². The second kappa shape index (κ2) is 6.50. The Bertz CT molecular complexity index is 972. The molecule has 0 radical (unpaired) electrons. The average Bonchev–Trinajstić information content (AvgIpc) is 2.75. The molecule has 0 aliphatic carbocycles. The van der Waals surface area contributed by atoms with Crippen molar-refractivity contribution in [3.8, 4) is 0 Å². The maximum absolute atomic E-state index is 12.4. The van der Waals surface area contributed by atoms with Gasteiger partial charge in [0.15, 0.2) is 0 Å². The summed E-state index contributed by atoms with van der Waals surface area (Å²) in [5, 5.41) is 3.25. The van der Waals surface area contributed by atoms with Gasteiger partial charge in [0.05, 0.1) is 5.56 Å². The van der Waals surface area contributed by atoms with E-state index in [1.54, 1.807) is 37.3 Å². The summed E-state index contributed by atoms with van der Waals surface area (Å²) in [6.45, 7) is 1.58. The highest BCUT2D eigenvalue weighted by molar-refractivity contribution is 7.90. The van der Waals surface area contributed by atoms with Crippen LogP contribution in [0.25, 0.3) is 0 Å². The number of hydrogen-bond acceptors (Lipinski definition) is 4. The van der Waals surface area contributed by atoms with E-state index >= 15 is 0 Å². The zero-order valence-corrected chi connectivity index (χ0v) is 14.9. The number of sulfonamides is 1. The molecule has 6 nitrogen and oxygen atoms in total. The number of fused-ring (bicyclic) bond motifs is 1. The summed E-state index contributed by atoms with van der Waals surface area (Å²) in [5.41, 5.74) is 1.52. The third-order valence-electron chi connectivity index (χ3n) is 3.92. The van der Waals surface area contributed by atoms with Crippen molar-refractivity contribution in [2.24, 2.45) is 0 Å². The van der Waals surface area contributed by atoms with Gasteiger partial charge in [-0.3, -0.25) is 9.59 Å². The molecule has 2 aromatic carbocycles. The Morgan fingerprint density at radius 1 is 1.20 bits per heavy atom. The van der Waals surface area contributed by atoms with Crippen molar-refractivity contribution >= 4 is 39.1 Å². The van der Waals surface area contributed by atoms with E-state index in [9.17, 15) is 18.0 Å². The number of nitrogens with one attached hydrogen (secondary N) is 1. The molecule has 0 fully saturated rings. The van der Waals surface area contributed by atoms with E-state index in [0.29, 0.717) is 10.7 Å². The van der Waals surface area contributed by atoms with Crippen LogP contribution in [0, 0.1) is 6.92 Å². The molecule has 1 aliphatic heterocycles. The lowest BCUT2D eigenvalue weighted by atomic mass is 10.2. The lowest BCUT2D eigenvalue weighted by molar-refractivity contribution is -0.116. The second-order valence-corrected chi connectivity index (χ2v) is 7.90. The van der Waals surface area contributed by atoms with Crippen molar-refractivity contribution in [1.82, 2.24) is 4.31 Å². The molecule has 8 heteroatoms. The molecule has 0 saturated heterocycles. The molecule has 0 saturated carbocycles. The summed E-state index contributed by atoms with van der Waals surface area (Å²) in [7, 11) is -3.89. The smallest absolute Gasteiger partial charge is 0.269 e. The van der Waals surface area contributed by atoms with Crippen molar-refractivity contribution < 1.29 is 18.0 Å². The Balaban J connectivity index is 1.70. The first kappa shape index (κ1) is 17.4. The number of aryl methyl sites for hydroxylation is 1. The third-order valence-corrected chi connectivity index (χ3v) is 5.99.